The van der Waals surface area contributed by atoms with Crippen LogP contribution < -0.4 is 11.1 Å². The summed E-state index contributed by atoms with van der Waals surface area (Å²) in [5.74, 6) is -0.643. The van der Waals surface area contributed by atoms with Crippen molar-refractivity contribution in [1.82, 2.24) is 20.5 Å². The number of aromatic nitrogens is 3. The van der Waals surface area contributed by atoms with Gasteiger partial charge in [0.25, 0.3) is 0 Å². The second-order valence-corrected chi connectivity index (χ2v) is 4.34. The van der Waals surface area contributed by atoms with Crippen molar-refractivity contribution in [3.8, 4) is 0 Å². The van der Waals surface area contributed by atoms with Crippen molar-refractivity contribution < 1.29 is 10.0 Å². The fourth-order valence-electron chi connectivity index (χ4n) is 1.92. The molecule has 0 radical (unpaired) electrons. The SMILES string of the molecule is NC(=NO)C(C(=O)NCCc1ncn[nH]1)c1ccccc1. The number of benzene rings is 1. The van der Waals surface area contributed by atoms with Crippen LogP contribution in [-0.4, -0.2) is 38.7 Å². The molecule has 2 rings (SSSR count). The third kappa shape index (κ3) is 3.78. The minimum atomic E-state index is -0.828. The van der Waals surface area contributed by atoms with Gasteiger partial charge in [-0.25, -0.2) is 4.98 Å². The standard InChI is InChI=1S/C13H16N6O2/c14-12(19-21)11(9-4-2-1-3-5-9)13(20)15-7-6-10-16-8-17-18-10/h1-5,8,11,21H,6-7H2,(H2,14,19)(H,15,20)(H,16,17,18). The lowest BCUT2D eigenvalue weighted by atomic mass is 9.97. The van der Waals surface area contributed by atoms with E-state index in [0.717, 1.165) is 0 Å². The smallest absolute Gasteiger partial charge is 0.235 e. The molecule has 0 aliphatic carbocycles. The van der Waals surface area contributed by atoms with Gasteiger partial charge in [0.15, 0.2) is 5.84 Å². The number of carbonyl (C=O) groups excluding carboxylic acids is 1. The first-order valence-electron chi connectivity index (χ1n) is 6.36. The predicted molar refractivity (Wildman–Crippen MR) is 75.7 cm³/mol. The van der Waals surface area contributed by atoms with Crippen molar-refractivity contribution in [3.63, 3.8) is 0 Å². The summed E-state index contributed by atoms with van der Waals surface area (Å²) in [5.41, 5.74) is 6.28. The maximum Gasteiger partial charge on any atom is 0.235 e. The van der Waals surface area contributed by atoms with Crippen LogP contribution in [0, 0.1) is 0 Å². The fraction of sp³-hybridized carbons (Fsp3) is 0.231. The van der Waals surface area contributed by atoms with Crippen LogP contribution in [0.1, 0.15) is 17.3 Å². The molecule has 0 aliphatic heterocycles. The average molecular weight is 288 g/mol. The average Bonchev–Trinajstić information content (AvgIpc) is 3.01. The van der Waals surface area contributed by atoms with Crippen molar-refractivity contribution in [2.75, 3.05) is 6.54 Å². The van der Waals surface area contributed by atoms with E-state index in [-0.39, 0.29) is 11.7 Å². The molecule has 5 N–H and O–H groups in total. The van der Waals surface area contributed by atoms with E-state index in [1.165, 1.54) is 6.33 Å². The van der Waals surface area contributed by atoms with Crippen molar-refractivity contribution >= 4 is 11.7 Å². The Morgan fingerprint density at radius 3 is 2.81 bits per heavy atom. The number of oxime groups is 1. The van der Waals surface area contributed by atoms with Crippen LogP contribution in [0.4, 0.5) is 0 Å². The number of aromatic amines is 1. The normalized spacial score (nSPS) is 12.9. The van der Waals surface area contributed by atoms with Gasteiger partial charge in [-0.2, -0.15) is 5.10 Å². The summed E-state index contributed by atoms with van der Waals surface area (Å²) in [6.45, 7) is 0.371. The van der Waals surface area contributed by atoms with Gasteiger partial charge in [-0.15, -0.1) is 0 Å². The van der Waals surface area contributed by atoms with Crippen LogP contribution >= 0.6 is 0 Å². The minimum absolute atomic E-state index is 0.154. The number of rotatable bonds is 6. The first kappa shape index (κ1) is 14.5. The van der Waals surface area contributed by atoms with E-state index >= 15 is 0 Å². The molecule has 1 atom stereocenters. The quantitative estimate of drug-likeness (QED) is 0.257. The lowest BCUT2D eigenvalue weighted by Gasteiger charge is -2.15. The van der Waals surface area contributed by atoms with E-state index in [0.29, 0.717) is 24.4 Å². The highest BCUT2D eigenvalue weighted by Crippen LogP contribution is 2.15. The summed E-state index contributed by atoms with van der Waals surface area (Å²) in [6, 6.07) is 8.90. The number of hydrogen-bond acceptors (Lipinski definition) is 5. The minimum Gasteiger partial charge on any atom is -0.409 e. The number of nitrogens with two attached hydrogens (primary N) is 1. The van der Waals surface area contributed by atoms with Gasteiger partial charge in [-0.1, -0.05) is 35.5 Å². The molecule has 8 heteroatoms. The second-order valence-electron chi connectivity index (χ2n) is 4.34. The van der Waals surface area contributed by atoms with Gasteiger partial charge in [0.05, 0.1) is 0 Å². The molecule has 1 aromatic carbocycles. The van der Waals surface area contributed by atoms with Gasteiger partial charge in [-0.05, 0) is 5.56 Å². The molecule has 2 aromatic rings. The van der Waals surface area contributed by atoms with Gasteiger partial charge in [-0.3, -0.25) is 9.89 Å². The maximum atomic E-state index is 12.2. The first-order chi connectivity index (χ1) is 10.2. The van der Waals surface area contributed by atoms with Crippen LogP contribution in [0.2, 0.25) is 0 Å². The van der Waals surface area contributed by atoms with Gasteiger partial charge >= 0.3 is 0 Å². The van der Waals surface area contributed by atoms with Gasteiger partial charge in [0, 0.05) is 13.0 Å². The van der Waals surface area contributed by atoms with Crippen molar-refractivity contribution in [2.24, 2.45) is 10.9 Å². The fourth-order valence-corrected chi connectivity index (χ4v) is 1.92. The molecule has 1 amide bonds. The molecule has 0 spiro atoms. The lowest BCUT2D eigenvalue weighted by Crippen LogP contribution is -2.38. The summed E-state index contributed by atoms with van der Waals surface area (Å²) in [5, 5.41) is 21.0. The van der Waals surface area contributed by atoms with Crippen molar-refractivity contribution in [3.05, 3.63) is 48.0 Å². The third-order valence-corrected chi connectivity index (χ3v) is 2.93. The maximum absolute atomic E-state index is 12.2. The second kappa shape index (κ2) is 7.04. The van der Waals surface area contributed by atoms with Gasteiger partial charge < -0.3 is 16.3 Å². The van der Waals surface area contributed by atoms with E-state index in [9.17, 15) is 4.79 Å². The molecule has 0 aliphatic rings. The van der Waals surface area contributed by atoms with Crippen LogP contribution in [0.5, 0.6) is 0 Å². The number of carbonyl (C=O) groups is 1. The van der Waals surface area contributed by atoms with Crippen molar-refractivity contribution in [2.45, 2.75) is 12.3 Å². The van der Waals surface area contributed by atoms with Crippen LogP contribution in [0.25, 0.3) is 0 Å². The highest BCUT2D eigenvalue weighted by atomic mass is 16.4. The van der Waals surface area contributed by atoms with Crippen LogP contribution in [-0.2, 0) is 11.2 Å². The largest absolute Gasteiger partial charge is 0.409 e. The Kier molecular flexibility index (Phi) is 4.86. The van der Waals surface area contributed by atoms with E-state index < -0.39 is 5.92 Å². The summed E-state index contributed by atoms with van der Waals surface area (Å²) in [6.07, 6.45) is 1.92. The zero-order chi connectivity index (χ0) is 15.1. The molecule has 0 saturated carbocycles. The molecule has 1 aromatic heterocycles. The molecular weight excluding hydrogens is 272 g/mol. The lowest BCUT2D eigenvalue weighted by molar-refractivity contribution is -0.121. The summed E-state index contributed by atoms with van der Waals surface area (Å²) < 4.78 is 0. The van der Waals surface area contributed by atoms with E-state index in [1.807, 2.05) is 6.07 Å². The number of nitrogens with one attached hydrogen (secondary N) is 2. The number of hydrogen-bond donors (Lipinski definition) is 4. The third-order valence-electron chi connectivity index (χ3n) is 2.93. The van der Waals surface area contributed by atoms with E-state index in [2.05, 4.69) is 25.7 Å². The van der Waals surface area contributed by atoms with Crippen LogP contribution in [0.15, 0.2) is 41.8 Å². The number of amidine groups is 1. The highest BCUT2D eigenvalue weighted by molar-refractivity contribution is 6.07. The molecule has 0 bridgehead atoms. The van der Waals surface area contributed by atoms with E-state index in [4.69, 9.17) is 10.9 Å². The summed E-state index contributed by atoms with van der Waals surface area (Å²) >= 11 is 0. The van der Waals surface area contributed by atoms with Gasteiger partial charge in [0.1, 0.15) is 18.1 Å². The molecule has 8 nitrogen and oxygen atoms in total. The number of nitrogens with zero attached hydrogens (tertiary/aromatic N) is 3. The Balaban J connectivity index is 2.01. The summed E-state index contributed by atoms with van der Waals surface area (Å²) in [7, 11) is 0. The molecule has 1 heterocycles. The zero-order valence-electron chi connectivity index (χ0n) is 11.2. The monoisotopic (exact) mass is 288 g/mol. The molecule has 0 saturated heterocycles. The topological polar surface area (TPSA) is 129 Å². The zero-order valence-corrected chi connectivity index (χ0v) is 11.2. The molecule has 21 heavy (non-hydrogen) atoms. The molecule has 1 unspecified atom stereocenters. The van der Waals surface area contributed by atoms with E-state index in [1.54, 1.807) is 24.3 Å². The summed E-state index contributed by atoms with van der Waals surface area (Å²) in [4.78, 5) is 16.2. The Bertz CT molecular complexity index is 596. The van der Waals surface area contributed by atoms with Crippen molar-refractivity contribution in [1.29, 1.82) is 0 Å². The predicted octanol–water partition coefficient (Wildman–Crippen LogP) is -0.00640. The number of H-pyrrole nitrogens is 1. The molecule has 110 valence electrons. The Morgan fingerprint density at radius 1 is 1.43 bits per heavy atom. The Morgan fingerprint density at radius 2 is 2.19 bits per heavy atom. The Hall–Kier alpha value is -2.90. The van der Waals surface area contributed by atoms with Gasteiger partial charge in [0.2, 0.25) is 5.91 Å². The molecule has 0 fully saturated rings. The van der Waals surface area contributed by atoms with Crippen LogP contribution in [0.3, 0.4) is 0 Å². The first-order valence-corrected chi connectivity index (χ1v) is 6.36. The highest BCUT2D eigenvalue weighted by Gasteiger charge is 2.24. The Labute approximate surface area is 121 Å². The molecular formula is C13H16N6O2. The number of amides is 1.